The maximum Gasteiger partial charge on any atom is 0.223 e. The number of rotatable bonds is 6. The molecule has 0 aromatic carbocycles. The van der Waals surface area contributed by atoms with Crippen molar-refractivity contribution in [1.29, 1.82) is 5.26 Å². The van der Waals surface area contributed by atoms with Gasteiger partial charge in [-0.15, -0.1) is 0 Å². The topological polar surface area (TPSA) is 99.2 Å². The standard InChI is InChI=1S/C20H34N4O2/c1-15-6-4-5-7-16(15)24-12-10-20(14-21,11-13-24)23-17(25)8-9-19(2,3)18(22)26/h15-16H,4-13H2,1-3H3,(H2,22,26)(H,23,25). The Morgan fingerprint density at radius 1 is 1.27 bits per heavy atom. The zero-order chi connectivity index (χ0) is 19.4. The summed E-state index contributed by atoms with van der Waals surface area (Å²) in [6.45, 7) is 7.53. The number of nitrogens with two attached hydrogens (primary N) is 1. The van der Waals surface area contributed by atoms with Crippen LogP contribution in [0.3, 0.4) is 0 Å². The molecule has 6 nitrogen and oxygen atoms in total. The summed E-state index contributed by atoms with van der Waals surface area (Å²) in [6.07, 6.45) is 7.08. The van der Waals surface area contributed by atoms with Crippen LogP contribution in [-0.4, -0.2) is 41.4 Å². The second kappa shape index (κ2) is 8.39. The summed E-state index contributed by atoms with van der Waals surface area (Å²) in [5.74, 6) is 0.138. The predicted octanol–water partition coefficient (Wildman–Crippen LogP) is 2.33. The van der Waals surface area contributed by atoms with Crippen molar-refractivity contribution in [3.05, 3.63) is 0 Å². The second-order valence-electron chi connectivity index (χ2n) is 8.86. The van der Waals surface area contributed by atoms with E-state index in [1.807, 2.05) is 0 Å². The van der Waals surface area contributed by atoms with Gasteiger partial charge in [-0.25, -0.2) is 0 Å². The first kappa shape index (κ1) is 20.7. The van der Waals surface area contributed by atoms with Gasteiger partial charge in [-0.2, -0.15) is 5.26 Å². The molecule has 0 aromatic rings. The van der Waals surface area contributed by atoms with E-state index in [0.29, 0.717) is 31.2 Å². The normalized spacial score (nSPS) is 26.7. The van der Waals surface area contributed by atoms with Gasteiger partial charge in [0.2, 0.25) is 11.8 Å². The molecule has 0 bridgehead atoms. The van der Waals surface area contributed by atoms with E-state index in [9.17, 15) is 14.9 Å². The van der Waals surface area contributed by atoms with Crippen molar-refractivity contribution in [3.8, 4) is 6.07 Å². The number of piperidine rings is 1. The third-order valence-corrected chi connectivity index (χ3v) is 6.42. The van der Waals surface area contributed by atoms with Gasteiger partial charge in [-0.3, -0.25) is 14.5 Å². The van der Waals surface area contributed by atoms with Crippen molar-refractivity contribution in [2.75, 3.05) is 13.1 Å². The van der Waals surface area contributed by atoms with Crippen LogP contribution < -0.4 is 11.1 Å². The van der Waals surface area contributed by atoms with Gasteiger partial charge in [0, 0.05) is 31.0 Å². The highest BCUT2D eigenvalue weighted by Crippen LogP contribution is 2.32. The van der Waals surface area contributed by atoms with Crippen molar-refractivity contribution in [1.82, 2.24) is 10.2 Å². The quantitative estimate of drug-likeness (QED) is 0.757. The number of carbonyl (C=O) groups excluding carboxylic acids is 2. The summed E-state index contributed by atoms with van der Waals surface area (Å²) in [4.78, 5) is 26.3. The number of carbonyl (C=O) groups is 2. The molecule has 3 N–H and O–H groups in total. The molecule has 0 aromatic heterocycles. The Morgan fingerprint density at radius 2 is 1.88 bits per heavy atom. The van der Waals surface area contributed by atoms with E-state index >= 15 is 0 Å². The average Bonchev–Trinajstić information content (AvgIpc) is 2.61. The number of amides is 2. The highest BCUT2D eigenvalue weighted by Gasteiger charge is 2.39. The Kier molecular flexibility index (Phi) is 6.68. The summed E-state index contributed by atoms with van der Waals surface area (Å²) in [5.41, 5.74) is 3.88. The van der Waals surface area contributed by atoms with Gasteiger partial charge >= 0.3 is 0 Å². The molecule has 6 heteroatoms. The number of hydrogen-bond acceptors (Lipinski definition) is 4. The van der Waals surface area contributed by atoms with E-state index in [0.717, 1.165) is 13.1 Å². The number of nitrogens with one attached hydrogen (secondary N) is 1. The van der Waals surface area contributed by atoms with E-state index in [1.165, 1.54) is 25.7 Å². The molecular formula is C20H34N4O2. The number of nitriles is 1. The zero-order valence-electron chi connectivity index (χ0n) is 16.5. The molecule has 2 rings (SSSR count). The Morgan fingerprint density at radius 3 is 2.42 bits per heavy atom. The maximum atomic E-state index is 12.4. The minimum atomic E-state index is -0.775. The molecule has 1 aliphatic heterocycles. The fraction of sp³-hybridized carbons (Fsp3) is 0.850. The Bertz CT molecular complexity index is 559. The molecule has 1 heterocycles. The number of hydrogen-bond donors (Lipinski definition) is 2. The van der Waals surface area contributed by atoms with E-state index in [-0.39, 0.29) is 12.3 Å². The first-order chi connectivity index (χ1) is 12.2. The van der Waals surface area contributed by atoms with Gasteiger partial charge < -0.3 is 11.1 Å². The first-order valence-electron chi connectivity index (χ1n) is 9.95. The third kappa shape index (κ3) is 4.97. The lowest BCUT2D eigenvalue weighted by Crippen LogP contribution is -2.57. The average molecular weight is 363 g/mol. The van der Waals surface area contributed by atoms with E-state index in [1.54, 1.807) is 13.8 Å². The van der Waals surface area contributed by atoms with Crippen LogP contribution in [0.15, 0.2) is 0 Å². The molecule has 1 saturated carbocycles. The highest BCUT2D eigenvalue weighted by molar-refractivity contribution is 5.82. The Hall–Kier alpha value is -1.61. The van der Waals surface area contributed by atoms with Crippen molar-refractivity contribution >= 4 is 11.8 Å². The van der Waals surface area contributed by atoms with E-state index in [2.05, 4.69) is 23.2 Å². The van der Waals surface area contributed by atoms with Crippen molar-refractivity contribution in [3.63, 3.8) is 0 Å². The highest BCUT2D eigenvalue weighted by atomic mass is 16.2. The van der Waals surface area contributed by atoms with Gasteiger partial charge in [-0.1, -0.05) is 33.6 Å². The zero-order valence-corrected chi connectivity index (χ0v) is 16.5. The number of primary amides is 1. The minimum Gasteiger partial charge on any atom is -0.369 e. The van der Waals surface area contributed by atoms with Crippen LogP contribution in [-0.2, 0) is 9.59 Å². The molecule has 146 valence electrons. The number of nitrogens with zero attached hydrogens (tertiary/aromatic N) is 2. The minimum absolute atomic E-state index is 0.166. The Labute approximate surface area is 157 Å². The van der Waals surface area contributed by atoms with Crippen molar-refractivity contribution in [2.45, 2.75) is 83.7 Å². The summed E-state index contributed by atoms with van der Waals surface area (Å²) in [6, 6.07) is 2.97. The molecule has 0 spiro atoms. The van der Waals surface area contributed by atoms with E-state index < -0.39 is 16.9 Å². The van der Waals surface area contributed by atoms with Crippen LogP contribution >= 0.6 is 0 Å². The smallest absolute Gasteiger partial charge is 0.223 e. The first-order valence-corrected chi connectivity index (χ1v) is 9.95. The van der Waals surface area contributed by atoms with Crippen LogP contribution in [0.4, 0.5) is 0 Å². The SMILES string of the molecule is CC1CCCCC1N1CCC(C#N)(NC(=O)CCC(C)(C)C(N)=O)CC1. The lowest BCUT2D eigenvalue weighted by Gasteiger charge is -2.44. The molecule has 2 fully saturated rings. The molecule has 2 amide bonds. The Balaban J connectivity index is 1.87. The molecule has 2 unspecified atom stereocenters. The largest absolute Gasteiger partial charge is 0.369 e. The summed E-state index contributed by atoms with van der Waals surface area (Å²) >= 11 is 0. The molecule has 1 saturated heterocycles. The summed E-state index contributed by atoms with van der Waals surface area (Å²) < 4.78 is 0. The summed E-state index contributed by atoms with van der Waals surface area (Å²) in [5, 5.41) is 12.6. The fourth-order valence-corrected chi connectivity index (χ4v) is 4.22. The van der Waals surface area contributed by atoms with Crippen molar-refractivity contribution in [2.24, 2.45) is 17.1 Å². The van der Waals surface area contributed by atoms with E-state index in [4.69, 9.17) is 5.73 Å². The monoisotopic (exact) mass is 362 g/mol. The van der Waals surface area contributed by atoms with Gasteiger partial charge in [0.15, 0.2) is 0 Å². The van der Waals surface area contributed by atoms with Crippen molar-refractivity contribution < 1.29 is 9.59 Å². The lowest BCUT2D eigenvalue weighted by atomic mass is 9.81. The van der Waals surface area contributed by atoms with Gasteiger partial charge in [0.25, 0.3) is 0 Å². The lowest BCUT2D eigenvalue weighted by molar-refractivity contribution is -0.127. The maximum absolute atomic E-state index is 12.4. The molecular weight excluding hydrogens is 328 g/mol. The molecule has 2 atom stereocenters. The van der Waals surface area contributed by atoms with Crippen LogP contribution in [0.1, 0.15) is 72.1 Å². The molecule has 0 radical (unpaired) electrons. The van der Waals surface area contributed by atoms with Gasteiger partial charge in [0.1, 0.15) is 5.54 Å². The summed E-state index contributed by atoms with van der Waals surface area (Å²) in [7, 11) is 0. The van der Waals surface area contributed by atoms with Gasteiger partial charge in [0.05, 0.1) is 6.07 Å². The molecule has 1 aliphatic carbocycles. The van der Waals surface area contributed by atoms with Crippen LogP contribution in [0.5, 0.6) is 0 Å². The third-order valence-electron chi connectivity index (χ3n) is 6.42. The molecule has 26 heavy (non-hydrogen) atoms. The second-order valence-corrected chi connectivity index (χ2v) is 8.86. The van der Waals surface area contributed by atoms with Crippen LogP contribution in [0, 0.1) is 22.7 Å². The van der Waals surface area contributed by atoms with Crippen LogP contribution in [0.2, 0.25) is 0 Å². The number of likely N-dealkylation sites (tertiary alicyclic amines) is 1. The van der Waals surface area contributed by atoms with Crippen LogP contribution in [0.25, 0.3) is 0 Å². The predicted molar refractivity (Wildman–Crippen MR) is 101 cm³/mol. The molecule has 2 aliphatic rings. The fourth-order valence-electron chi connectivity index (χ4n) is 4.22. The van der Waals surface area contributed by atoms with Gasteiger partial charge in [-0.05, 0) is 38.0 Å².